The molecule has 0 aliphatic heterocycles. The van der Waals surface area contributed by atoms with Crippen molar-refractivity contribution in [2.75, 3.05) is 6.61 Å². The second-order valence-electron chi connectivity index (χ2n) is 6.92. The first kappa shape index (κ1) is 20.5. The van der Waals surface area contributed by atoms with E-state index in [-0.39, 0.29) is 11.1 Å². The molecule has 0 unspecified atom stereocenters. The maximum atomic E-state index is 14.7. The third kappa shape index (κ3) is 5.86. The lowest BCUT2D eigenvalue weighted by atomic mass is 10.1. The van der Waals surface area contributed by atoms with Crippen molar-refractivity contribution < 1.29 is 13.5 Å². The topological polar surface area (TPSA) is 39.4 Å². The van der Waals surface area contributed by atoms with E-state index in [0.29, 0.717) is 24.2 Å². The first-order valence-corrected chi connectivity index (χ1v) is 10.0. The second kappa shape index (κ2) is 11.0. The van der Waals surface area contributed by atoms with Crippen molar-refractivity contribution in [2.24, 2.45) is 0 Å². The largest absolute Gasteiger partial charge is 0.490 e. The lowest BCUT2D eigenvalue weighted by Gasteiger charge is -2.09. The number of halogens is 1. The van der Waals surface area contributed by atoms with Gasteiger partial charge in [-0.3, -0.25) is 0 Å². The molecule has 3 nitrogen and oxygen atoms in total. The minimum Gasteiger partial charge on any atom is -0.490 e. The Hall–Kier alpha value is -1.84. The minimum atomic E-state index is -0.614. The maximum Gasteiger partial charge on any atom is 0.346 e. The third-order valence-electron chi connectivity index (χ3n) is 4.67. The second-order valence-corrected chi connectivity index (χ2v) is 6.92. The van der Waals surface area contributed by atoms with Gasteiger partial charge < -0.3 is 9.15 Å². The van der Waals surface area contributed by atoms with Crippen LogP contribution in [0.25, 0.3) is 10.8 Å². The molecule has 0 radical (unpaired) electrons. The van der Waals surface area contributed by atoms with Crippen LogP contribution in [0.1, 0.15) is 77.4 Å². The molecule has 2 rings (SSSR count). The molecule has 0 aliphatic rings. The molecule has 0 bridgehead atoms. The third-order valence-corrected chi connectivity index (χ3v) is 4.67. The van der Waals surface area contributed by atoms with Gasteiger partial charge in [-0.25, -0.2) is 9.18 Å². The first-order chi connectivity index (χ1) is 12.7. The number of benzene rings is 1. The molecule has 4 heteroatoms. The Kier molecular flexibility index (Phi) is 8.66. The van der Waals surface area contributed by atoms with Crippen LogP contribution in [-0.4, -0.2) is 6.61 Å². The van der Waals surface area contributed by atoms with Gasteiger partial charge in [-0.15, -0.1) is 0 Å². The van der Waals surface area contributed by atoms with Crippen LogP contribution in [0.4, 0.5) is 4.39 Å². The fraction of sp³-hybridized carbons (Fsp3) is 0.591. The van der Waals surface area contributed by atoms with Crippen LogP contribution < -0.4 is 10.4 Å². The molecular formula is C22H31FO3. The number of aryl methyl sites for hydroxylation is 1. The van der Waals surface area contributed by atoms with Gasteiger partial charge in [0.2, 0.25) is 0 Å². The quantitative estimate of drug-likeness (QED) is 0.410. The molecule has 1 aromatic carbocycles. The molecule has 0 aliphatic carbocycles. The monoisotopic (exact) mass is 362 g/mol. The van der Waals surface area contributed by atoms with Gasteiger partial charge in [0.15, 0.2) is 11.6 Å². The molecule has 1 heterocycles. The summed E-state index contributed by atoms with van der Waals surface area (Å²) < 4.78 is 25.5. The van der Waals surface area contributed by atoms with Crippen LogP contribution in [0, 0.1) is 5.82 Å². The van der Waals surface area contributed by atoms with Crippen LogP contribution in [0.15, 0.2) is 27.4 Å². The van der Waals surface area contributed by atoms with Gasteiger partial charge in [0, 0.05) is 6.42 Å². The summed E-state index contributed by atoms with van der Waals surface area (Å²) in [5, 5.41) is 0.571. The first-order valence-electron chi connectivity index (χ1n) is 10.0. The predicted molar refractivity (Wildman–Crippen MR) is 105 cm³/mol. The Balaban J connectivity index is 1.99. The fourth-order valence-corrected chi connectivity index (χ4v) is 3.12. The van der Waals surface area contributed by atoms with Gasteiger partial charge in [0.25, 0.3) is 0 Å². The zero-order valence-corrected chi connectivity index (χ0v) is 16.1. The van der Waals surface area contributed by atoms with Gasteiger partial charge in [-0.2, -0.15) is 0 Å². The number of unbranched alkanes of at least 4 members (excludes halogenated alkanes) is 7. The van der Waals surface area contributed by atoms with E-state index in [2.05, 4.69) is 13.8 Å². The van der Waals surface area contributed by atoms with Gasteiger partial charge in [0.05, 0.1) is 6.61 Å². The Labute approximate surface area is 155 Å². The summed E-state index contributed by atoms with van der Waals surface area (Å²) in [6.07, 6.45) is 10.7. The van der Waals surface area contributed by atoms with Gasteiger partial charge in [-0.05, 0) is 30.4 Å². The smallest absolute Gasteiger partial charge is 0.346 e. The lowest BCUT2D eigenvalue weighted by molar-refractivity contribution is 0.291. The standard InChI is InChI=1S/C22H31FO3/c1-3-5-7-8-9-11-15-25-19-14-13-17-16-18(12-10-6-4-2)26-22(24)20(17)21(19)23/h13-14,16H,3-12,15H2,1-2H3. The van der Waals surface area contributed by atoms with Crippen LogP contribution >= 0.6 is 0 Å². The zero-order valence-electron chi connectivity index (χ0n) is 16.1. The highest BCUT2D eigenvalue weighted by Crippen LogP contribution is 2.25. The molecular weight excluding hydrogens is 331 g/mol. The summed E-state index contributed by atoms with van der Waals surface area (Å²) in [6.45, 7) is 4.78. The number of ether oxygens (including phenoxy) is 1. The highest BCUT2D eigenvalue weighted by atomic mass is 19.1. The molecule has 26 heavy (non-hydrogen) atoms. The Morgan fingerprint density at radius 2 is 1.65 bits per heavy atom. The molecule has 0 saturated carbocycles. The van der Waals surface area contributed by atoms with Crippen molar-refractivity contribution in [2.45, 2.75) is 78.1 Å². The molecule has 0 saturated heterocycles. The molecule has 0 fully saturated rings. The van der Waals surface area contributed by atoms with Crippen molar-refractivity contribution in [1.82, 2.24) is 0 Å². The van der Waals surface area contributed by atoms with E-state index in [1.54, 1.807) is 18.2 Å². The SMILES string of the molecule is CCCCCCCCOc1ccc2cc(CCCCC)oc(=O)c2c1F. The van der Waals surface area contributed by atoms with Crippen LogP contribution in [0.2, 0.25) is 0 Å². The Morgan fingerprint density at radius 3 is 2.42 bits per heavy atom. The number of hydrogen-bond donors (Lipinski definition) is 0. The Morgan fingerprint density at radius 1 is 0.962 bits per heavy atom. The Bertz CT molecular complexity index is 736. The van der Waals surface area contributed by atoms with E-state index in [1.165, 1.54) is 25.7 Å². The van der Waals surface area contributed by atoms with Crippen LogP contribution in [0.3, 0.4) is 0 Å². The summed E-state index contributed by atoms with van der Waals surface area (Å²) in [7, 11) is 0. The minimum absolute atomic E-state index is 0.00955. The van der Waals surface area contributed by atoms with E-state index in [0.717, 1.165) is 32.1 Å². The summed E-state index contributed by atoms with van der Waals surface area (Å²) in [4.78, 5) is 12.2. The summed E-state index contributed by atoms with van der Waals surface area (Å²) in [6, 6.07) is 5.13. The van der Waals surface area contributed by atoms with Gasteiger partial charge in [-0.1, -0.05) is 64.9 Å². The molecule has 0 N–H and O–H groups in total. The summed E-state index contributed by atoms with van der Waals surface area (Å²) in [5.74, 6) is 0.149. The molecule has 0 spiro atoms. The summed E-state index contributed by atoms with van der Waals surface area (Å²) >= 11 is 0. The molecule has 144 valence electrons. The average molecular weight is 362 g/mol. The zero-order chi connectivity index (χ0) is 18.8. The lowest BCUT2D eigenvalue weighted by Crippen LogP contribution is -2.07. The average Bonchev–Trinajstić information content (AvgIpc) is 2.62. The number of fused-ring (bicyclic) bond motifs is 1. The summed E-state index contributed by atoms with van der Waals surface area (Å²) in [5.41, 5.74) is -0.614. The van der Waals surface area contributed by atoms with E-state index in [4.69, 9.17) is 9.15 Å². The van der Waals surface area contributed by atoms with E-state index in [1.807, 2.05) is 0 Å². The number of hydrogen-bond acceptors (Lipinski definition) is 3. The highest BCUT2D eigenvalue weighted by molar-refractivity contribution is 5.83. The molecule has 0 atom stereocenters. The molecule has 1 aromatic heterocycles. The van der Waals surface area contributed by atoms with Gasteiger partial charge in [0.1, 0.15) is 11.1 Å². The van der Waals surface area contributed by atoms with Crippen molar-refractivity contribution in [3.8, 4) is 5.75 Å². The normalized spacial score (nSPS) is 11.2. The maximum absolute atomic E-state index is 14.7. The van der Waals surface area contributed by atoms with E-state index in [9.17, 15) is 9.18 Å². The van der Waals surface area contributed by atoms with Crippen LogP contribution in [-0.2, 0) is 6.42 Å². The van der Waals surface area contributed by atoms with Crippen LogP contribution in [0.5, 0.6) is 5.75 Å². The molecule has 2 aromatic rings. The molecule has 0 amide bonds. The van der Waals surface area contributed by atoms with Crippen molar-refractivity contribution in [3.63, 3.8) is 0 Å². The van der Waals surface area contributed by atoms with Crippen molar-refractivity contribution in [3.05, 3.63) is 40.2 Å². The predicted octanol–water partition coefficient (Wildman–Crippen LogP) is 6.40. The number of rotatable bonds is 12. The van der Waals surface area contributed by atoms with Gasteiger partial charge >= 0.3 is 5.63 Å². The van der Waals surface area contributed by atoms with Crippen molar-refractivity contribution in [1.29, 1.82) is 0 Å². The highest BCUT2D eigenvalue weighted by Gasteiger charge is 2.14. The fourth-order valence-electron chi connectivity index (χ4n) is 3.12. The van der Waals surface area contributed by atoms with E-state index < -0.39 is 11.4 Å². The van der Waals surface area contributed by atoms with Crippen molar-refractivity contribution >= 4 is 10.8 Å². The van der Waals surface area contributed by atoms with E-state index >= 15 is 0 Å².